The van der Waals surface area contributed by atoms with Crippen LogP contribution in [0.3, 0.4) is 0 Å². The SMILES string of the molecule is CCN(CC)[Si](C(C)C)(C(C)(C)C)C(C)(C)C. The highest BCUT2D eigenvalue weighted by Gasteiger charge is 2.57. The summed E-state index contributed by atoms with van der Waals surface area (Å²) in [5.74, 6) is 0. The number of rotatable bonds is 4. The van der Waals surface area contributed by atoms with Crippen molar-refractivity contribution in [2.45, 2.75) is 84.9 Å². The van der Waals surface area contributed by atoms with Crippen LogP contribution in [0.15, 0.2) is 0 Å². The largest absolute Gasteiger partial charge is 0.323 e. The van der Waals surface area contributed by atoms with Crippen molar-refractivity contribution in [1.29, 1.82) is 0 Å². The van der Waals surface area contributed by atoms with Crippen molar-refractivity contribution in [3.05, 3.63) is 0 Å². The molecule has 0 saturated carbocycles. The Morgan fingerprint density at radius 1 is 0.824 bits per heavy atom. The van der Waals surface area contributed by atoms with Crippen molar-refractivity contribution in [3.63, 3.8) is 0 Å². The van der Waals surface area contributed by atoms with Gasteiger partial charge in [0.15, 0.2) is 0 Å². The topological polar surface area (TPSA) is 3.24 Å². The van der Waals surface area contributed by atoms with Gasteiger partial charge in [0.1, 0.15) is 8.24 Å². The molecule has 0 rings (SSSR count). The van der Waals surface area contributed by atoms with Gasteiger partial charge in [-0.15, -0.1) is 0 Å². The molecule has 0 aliphatic carbocycles. The van der Waals surface area contributed by atoms with Gasteiger partial charge < -0.3 is 4.57 Å². The first kappa shape index (κ1) is 17.2. The van der Waals surface area contributed by atoms with Crippen LogP contribution in [0.1, 0.15) is 69.2 Å². The maximum absolute atomic E-state index is 2.82. The smallest absolute Gasteiger partial charge is 0.141 e. The van der Waals surface area contributed by atoms with Gasteiger partial charge in [-0.05, 0) is 28.7 Å². The predicted molar refractivity (Wildman–Crippen MR) is 83.2 cm³/mol. The van der Waals surface area contributed by atoms with E-state index < -0.39 is 8.24 Å². The average molecular weight is 258 g/mol. The summed E-state index contributed by atoms with van der Waals surface area (Å²) in [6.45, 7) is 26.7. The summed E-state index contributed by atoms with van der Waals surface area (Å²) in [4.78, 5) is 0. The summed E-state index contributed by atoms with van der Waals surface area (Å²) in [6.07, 6.45) is 0. The molecule has 2 heteroatoms. The van der Waals surface area contributed by atoms with Gasteiger partial charge >= 0.3 is 0 Å². The van der Waals surface area contributed by atoms with E-state index in [2.05, 4.69) is 73.8 Å². The van der Waals surface area contributed by atoms with Crippen LogP contribution in [0.25, 0.3) is 0 Å². The Kier molecular flexibility index (Phi) is 5.49. The zero-order chi connectivity index (χ0) is 14.1. The molecule has 1 nitrogen and oxygen atoms in total. The predicted octanol–water partition coefficient (Wildman–Crippen LogP) is 5.28. The first-order valence-electron chi connectivity index (χ1n) is 7.21. The molecule has 0 bridgehead atoms. The lowest BCUT2D eigenvalue weighted by molar-refractivity contribution is 0.379. The molecule has 0 aromatic rings. The molecule has 0 aromatic heterocycles. The van der Waals surface area contributed by atoms with E-state index in [1.54, 1.807) is 0 Å². The van der Waals surface area contributed by atoms with Crippen molar-refractivity contribution in [3.8, 4) is 0 Å². The summed E-state index contributed by atoms with van der Waals surface area (Å²) >= 11 is 0. The van der Waals surface area contributed by atoms with Gasteiger partial charge in [0.25, 0.3) is 0 Å². The molecule has 104 valence electrons. The Morgan fingerprint density at radius 2 is 1.12 bits per heavy atom. The minimum atomic E-state index is -1.57. The van der Waals surface area contributed by atoms with E-state index in [9.17, 15) is 0 Å². The molecular formula is C15H35NSi. The zero-order valence-electron chi connectivity index (χ0n) is 13.9. The van der Waals surface area contributed by atoms with Crippen LogP contribution >= 0.6 is 0 Å². The fourth-order valence-corrected chi connectivity index (χ4v) is 14.2. The highest BCUT2D eigenvalue weighted by Crippen LogP contribution is 2.57. The molecule has 17 heavy (non-hydrogen) atoms. The second-order valence-electron chi connectivity index (χ2n) is 7.59. The second kappa shape index (κ2) is 5.44. The Morgan fingerprint density at radius 3 is 1.18 bits per heavy atom. The summed E-state index contributed by atoms with van der Waals surface area (Å²) in [5.41, 5.74) is 0.780. The van der Waals surface area contributed by atoms with E-state index in [1.807, 2.05) is 0 Å². The van der Waals surface area contributed by atoms with Crippen LogP contribution < -0.4 is 0 Å². The summed E-state index contributed by atoms with van der Waals surface area (Å²) < 4.78 is 2.82. The highest BCUT2D eigenvalue weighted by molar-refractivity contribution is 6.83. The molecule has 0 amide bonds. The molecule has 0 saturated heterocycles. The maximum Gasteiger partial charge on any atom is 0.141 e. The van der Waals surface area contributed by atoms with Gasteiger partial charge in [-0.3, -0.25) is 0 Å². The molecule has 0 aromatic carbocycles. The quantitative estimate of drug-likeness (QED) is 0.619. The first-order valence-corrected chi connectivity index (χ1v) is 9.24. The van der Waals surface area contributed by atoms with Gasteiger partial charge in [0.2, 0.25) is 0 Å². The number of hydrogen-bond donors (Lipinski definition) is 0. The van der Waals surface area contributed by atoms with Gasteiger partial charge in [0, 0.05) is 0 Å². The summed E-state index contributed by atoms with van der Waals surface area (Å²) in [5, 5.41) is 0.816. The van der Waals surface area contributed by atoms with Crippen LogP contribution in [0.2, 0.25) is 15.6 Å². The van der Waals surface area contributed by atoms with Crippen LogP contribution in [0.5, 0.6) is 0 Å². The molecule has 0 unspecified atom stereocenters. The van der Waals surface area contributed by atoms with Crippen LogP contribution in [0.4, 0.5) is 0 Å². The Balaban J connectivity index is 5.94. The third-order valence-corrected chi connectivity index (χ3v) is 12.3. The minimum Gasteiger partial charge on any atom is -0.323 e. The molecule has 0 fully saturated rings. The van der Waals surface area contributed by atoms with Crippen LogP contribution in [0, 0.1) is 0 Å². The summed E-state index contributed by atoms with van der Waals surface area (Å²) in [6, 6.07) is 0. The Hall–Kier alpha value is 0.177. The van der Waals surface area contributed by atoms with Crippen molar-refractivity contribution in [2.75, 3.05) is 13.1 Å². The van der Waals surface area contributed by atoms with Gasteiger partial charge in [0.05, 0.1) is 0 Å². The fraction of sp³-hybridized carbons (Fsp3) is 1.00. The highest BCUT2D eigenvalue weighted by atomic mass is 28.3. The van der Waals surface area contributed by atoms with E-state index in [0.717, 1.165) is 5.54 Å². The van der Waals surface area contributed by atoms with Crippen molar-refractivity contribution >= 4 is 8.24 Å². The number of hydrogen-bond acceptors (Lipinski definition) is 1. The van der Waals surface area contributed by atoms with Crippen molar-refractivity contribution in [1.82, 2.24) is 4.57 Å². The Bertz CT molecular complexity index is 214. The van der Waals surface area contributed by atoms with E-state index in [0.29, 0.717) is 10.1 Å². The van der Waals surface area contributed by atoms with E-state index in [-0.39, 0.29) is 0 Å². The number of nitrogens with zero attached hydrogens (tertiary/aromatic N) is 1. The lowest BCUT2D eigenvalue weighted by Gasteiger charge is -2.60. The van der Waals surface area contributed by atoms with Crippen LogP contribution in [-0.4, -0.2) is 25.9 Å². The first-order chi connectivity index (χ1) is 7.46. The molecule has 0 N–H and O–H groups in total. The van der Waals surface area contributed by atoms with Crippen LogP contribution in [-0.2, 0) is 0 Å². The monoisotopic (exact) mass is 257 g/mol. The molecule has 0 spiro atoms. The summed E-state index contributed by atoms with van der Waals surface area (Å²) in [7, 11) is -1.57. The van der Waals surface area contributed by atoms with E-state index in [1.165, 1.54) is 13.1 Å². The molecule has 0 heterocycles. The van der Waals surface area contributed by atoms with Gasteiger partial charge in [-0.1, -0.05) is 69.2 Å². The van der Waals surface area contributed by atoms with Gasteiger partial charge in [-0.2, -0.15) is 0 Å². The Labute approximate surface area is 111 Å². The molecule has 0 atom stereocenters. The standard InChI is InChI=1S/C15H35NSi/c1-11-16(12-2)17(13(3)4,14(5,6)7)15(8,9)10/h13H,11-12H2,1-10H3. The molecule has 0 aliphatic heterocycles. The third kappa shape index (κ3) is 2.78. The minimum absolute atomic E-state index is 0.408. The lowest BCUT2D eigenvalue weighted by Crippen LogP contribution is -2.66. The lowest BCUT2D eigenvalue weighted by atomic mass is 10.2. The second-order valence-corrected chi connectivity index (χ2v) is 13.9. The van der Waals surface area contributed by atoms with Crippen molar-refractivity contribution in [2.24, 2.45) is 0 Å². The van der Waals surface area contributed by atoms with E-state index in [4.69, 9.17) is 0 Å². The average Bonchev–Trinajstić information content (AvgIpc) is 2.08. The van der Waals surface area contributed by atoms with Crippen molar-refractivity contribution < 1.29 is 0 Å². The third-order valence-electron chi connectivity index (χ3n) is 4.38. The maximum atomic E-state index is 2.82. The molecular weight excluding hydrogens is 222 g/mol. The van der Waals surface area contributed by atoms with Gasteiger partial charge in [-0.25, -0.2) is 0 Å². The molecule has 0 radical (unpaired) electrons. The fourth-order valence-electron chi connectivity index (χ4n) is 4.89. The zero-order valence-corrected chi connectivity index (χ0v) is 14.9. The molecule has 0 aliphatic rings. The normalized spacial score (nSPS) is 14.8. The van der Waals surface area contributed by atoms with E-state index >= 15 is 0 Å².